The number of aromatic nitrogens is 1. The van der Waals surface area contributed by atoms with Gasteiger partial charge in [-0.15, -0.1) is 0 Å². The van der Waals surface area contributed by atoms with Crippen LogP contribution >= 0.6 is 0 Å². The number of pyridine rings is 1. The molecular formula is C28H28F2N2O5. The van der Waals surface area contributed by atoms with Gasteiger partial charge in [-0.3, -0.25) is 9.59 Å². The van der Waals surface area contributed by atoms with E-state index in [0.717, 1.165) is 24.0 Å². The highest BCUT2D eigenvalue weighted by molar-refractivity contribution is 5.97. The van der Waals surface area contributed by atoms with Gasteiger partial charge in [0.05, 0.1) is 16.9 Å². The van der Waals surface area contributed by atoms with Crippen molar-refractivity contribution in [2.24, 2.45) is 5.41 Å². The first-order valence-electron chi connectivity index (χ1n) is 12.2. The Morgan fingerprint density at radius 1 is 1.14 bits per heavy atom. The monoisotopic (exact) mass is 510 g/mol. The number of carboxylic acid groups (broad SMARTS) is 1. The Bertz CT molecular complexity index is 1500. The van der Waals surface area contributed by atoms with Crippen LogP contribution in [0, 0.1) is 5.41 Å². The maximum absolute atomic E-state index is 13.7. The summed E-state index contributed by atoms with van der Waals surface area (Å²) in [6.07, 6.45) is 2.71. The molecule has 0 bridgehead atoms. The number of hydrogen-bond donors (Lipinski definition) is 1. The minimum atomic E-state index is -3.15. The Labute approximate surface area is 212 Å². The van der Waals surface area contributed by atoms with Crippen LogP contribution in [0.15, 0.2) is 41.3 Å². The van der Waals surface area contributed by atoms with Crippen molar-refractivity contribution in [3.8, 4) is 16.9 Å². The molecule has 5 rings (SSSR count). The normalized spacial score (nSPS) is 17.4. The number of amides is 1. The lowest BCUT2D eigenvalue weighted by atomic mass is 9.94. The fourth-order valence-electron chi connectivity index (χ4n) is 5.13. The van der Waals surface area contributed by atoms with E-state index in [1.165, 1.54) is 18.3 Å². The van der Waals surface area contributed by atoms with Gasteiger partial charge in [-0.25, -0.2) is 4.79 Å². The van der Waals surface area contributed by atoms with Crippen molar-refractivity contribution >= 4 is 22.8 Å². The van der Waals surface area contributed by atoms with Gasteiger partial charge in [-0.05, 0) is 54.7 Å². The molecule has 7 nitrogen and oxygen atoms in total. The van der Waals surface area contributed by atoms with Crippen LogP contribution < -0.4 is 10.2 Å². The van der Waals surface area contributed by atoms with E-state index in [0.29, 0.717) is 17.7 Å². The van der Waals surface area contributed by atoms with E-state index in [1.807, 2.05) is 44.7 Å². The number of carbonyl (C=O) groups excluding carboxylic acids is 1. The molecule has 0 saturated heterocycles. The first-order valence-corrected chi connectivity index (χ1v) is 12.2. The van der Waals surface area contributed by atoms with Gasteiger partial charge in [0.25, 0.3) is 0 Å². The van der Waals surface area contributed by atoms with Gasteiger partial charge in [0, 0.05) is 29.8 Å². The van der Waals surface area contributed by atoms with Gasteiger partial charge in [0.1, 0.15) is 5.56 Å². The lowest BCUT2D eigenvalue weighted by molar-refractivity contribution is -0.141. The Hall–Kier alpha value is -3.75. The zero-order chi connectivity index (χ0) is 26.8. The van der Waals surface area contributed by atoms with E-state index < -0.39 is 29.0 Å². The maximum Gasteiger partial charge on any atom is 0.387 e. The lowest BCUT2D eigenvalue weighted by Crippen LogP contribution is -2.37. The van der Waals surface area contributed by atoms with E-state index in [1.54, 1.807) is 10.6 Å². The molecule has 1 aromatic heterocycles. The second-order valence-electron chi connectivity index (χ2n) is 10.8. The average molecular weight is 511 g/mol. The second-order valence-corrected chi connectivity index (χ2v) is 10.8. The summed E-state index contributed by atoms with van der Waals surface area (Å²) in [5.74, 6) is -1.52. The third kappa shape index (κ3) is 4.26. The van der Waals surface area contributed by atoms with E-state index in [9.17, 15) is 28.3 Å². The quantitative estimate of drug-likeness (QED) is 0.472. The first kappa shape index (κ1) is 24.9. The van der Waals surface area contributed by atoms with Crippen molar-refractivity contribution in [3.63, 3.8) is 0 Å². The van der Waals surface area contributed by atoms with Crippen LogP contribution in [-0.4, -0.2) is 33.1 Å². The van der Waals surface area contributed by atoms with Crippen molar-refractivity contribution < 1.29 is 28.2 Å². The number of carboxylic acids is 1. The minimum absolute atomic E-state index is 0.0166. The van der Waals surface area contributed by atoms with E-state index in [-0.39, 0.29) is 34.6 Å². The molecule has 0 radical (unpaired) electrons. The molecule has 1 fully saturated rings. The third-order valence-electron chi connectivity index (χ3n) is 7.14. The van der Waals surface area contributed by atoms with Gasteiger partial charge in [-0.2, -0.15) is 8.78 Å². The predicted molar refractivity (Wildman–Crippen MR) is 134 cm³/mol. The highest BCUT2D eigenvalue weighted by Crippen LogP contribution is 2.45. The number of hydrogen-bond acceptors (Lipinski definition) is 4. The number of ether oxygens (including phenoxy) is 1. The van der Waals surface area contributed by atoms with Gasteiger partial charge in [-0.1, -0.05) is 32.9 Å². The molecule has 194 valence electrons. The summed E-state index contributed by atoms with van der Waals surface area (Å²) in [5, 5.41) is 9.54. The van der Waals surface area contributed by atoms with Crippen LogP contribution in [-0.2, 0) is 11.3 Å². The Balaban J connectivity index is 1.69. The van der Waals surface area contributed by atoms with Gasteiger partial charge >= 0.3 is 12.6 Å². The Morgan fingerprint density at radius 2 is 1.84 bits per heavy atom. The van der Waals surface area contributed by atoms with Crippen molar-refractivity contribution in [1.82, 2.24) is 9.47 Å². The van der Waals surface area contributed by atoms with Crippen LogP contribution in [0.4, 0.5) is 8.78 Å². The Morgan fingerprint density at radius 3 is 2.43 bits per heavy atom. The van der Waals surface area contributed by atoms with Crippen LogP contribution in [0.1, 0.15) is 74.1 Å². The van der Waals surface area contributed by atoms with Crippen molar-refractivity contribution in [2.45, 2.75) is 65.8 Å². The predicted octanol–water partition coefficient (Wildman–Crippen LogP) is 5.75. The molecule has 9 heteroatoms. The molecule has 1 aliphatic carbocycles. The topological polar surface area (TPSA) is 88.8 Å². The van der Waals surface area contributed by atoms with E-state index >= 15 is 0 Å². The average Bonchev–Trinajstić information content (AvgIpc) is 3.61. The molecule has 2 aromatic carbocycles. The molecular weight excluding hydrogens is 482 g/mol. The number of rotatable bonds is 5. The van der Waals surface area contributed by atoms with Gasteiger partial charge in [0.15, 0.2) is 5.75 Å². The molecule has 1 amide bonds. The van der Waals surface area contributed by atoms with Gasteiger partial charge in [0.2, 0.25) is 11.3 Å². The summed E-state index contributed by atoms with van der Waals surface area (Å²) in [4.78, 5) is 39.4. The zero-order valence-electron chi connectivity index (χ0n) is 21.0. The highest BCUT2D eigenvalue weighted by atomic mass is 19.3. The number of benzene rings is 2. The molecule has 1 atom stereocenters. The number of carbonyl (C=O) groups is 2. The standard InChI is InChI=1S/C28H28F2N2O5/c1-14-18-8-5-15(11-16(18)12-31(14)26(36)28(2,3)4)19-9-10-20-22(24(19)37-27(29)30)32(17-6-7-17)13-21(23(20)33)25(34)35/h5,8-11,13-14,17,27H,6-7,12H2,1-4H3,(H,34,35)/t14-/m1/s1. The molecule has 3 aromatic rings. The number of fused-ring (bicyclic) bond motifs is 2. The summed E-state index contributed by atoms with van der Waals surface area (Å²) >= 11 is 0. The number of alkyl halides is 2. The van der Waals surface area contributed by atoms with E-state index in [2.05, 4.69) is 0 Å². The fraction of sp³-hybridized carbons (Fsp3) is 0.393. The first-order chi connectivity index (χ1) is 17.4. The number of halogens is 2. The van der Waals surface area contributed by atoms with Crippen molar-refractivity contribution in [2.75, 3.05) is 0 Å². The summed E-state index contributed by atoms with van der Waals surface area (Å²) in [5.41, 5.74) is 1.32. The van der Waals surface area contributed by atoms with Crippen LogP contribution in [0.5, 0.6) is 5.75 Å². The van der Waals surface area contributed by atoms with Crippen LogP contribution in [0.25, 0.3) is 22.0 Å². The largest absolute Gasteiger partial charge is 0.477 e. The number of nitrogens with zero attached hydrogens (tertiary/aromatic N) is 2. The molecule has 0 spiro atoms. The molecule has 1 saturated carbocycles. The molecule has 2 aliphatic rings. The smallest absolute Gasteiger partial charge is 0.387 e. The van der Waals surface area contributed by atoms with Crippen molar-refractivity contribution in [3.05, 3.63) is 63.4 Å². The molecule has 37 heavy (non-hydrogen) atoms. The van der Waals surface area contributed by atoms with Crippen LogP contribution in [0.3, 0.4) is 0 Å². The van der Waals surface area contributed by atoms with Gasteiger partial charge < -0.3 is 19.3 Å². The SMILES string of the molecule is C[C@@H]1c2ccc(-c3ccc4c(=O)c(C(=O)O)cn(C5CC5)c4c3OC(F)F)cc2CN1C(=O)C(C)(C)C. The third-order valence-corrected chi connectivity index (χ3v) is 7.14. The molecule has 1 aliphatic heterocycles. The Kier molecular flexibility index (Phi) is 5.84. The highest BCUT2D eigenvalue weighted by Gasteiger charge is 2.36. The summed E-state index contributed by atoms with van der Waals surface area (Å²) in [6.45, 7) is 4.82. The van der Waals surface area contributed by atoms with Crippen LogP contribution in [0.2, 0.25) is 0 Å². The summed E-state index contributed by atoms with van der Waals surface area (Å²) in [6, 6.07) is 8.32. The number of aromatic carboxylic acids is 1. The lowest BCUT2D eigenvalue weighted by Gasteiger charge is -2.29. The maximum atomic E-state index is 13.7. The summed E-state index contributed by atoms with van der Waals surface area (Å²) < 4.78 is 34.0. The zero-order valence-corrected chi connectivity index (χ0v) is 21.0. The minimum Gasteiger partial charge on any atom is -0.477 e. The molecule has 1 N–H and O–H groups in total. The molecule has 2 heterocycles. The fourth-order valence-corrected chi connectivity index (χ4v) is 5.13. The molecule has 0 unspecified atom stereocenters. The van der Waals surface area contributed by atoms with Crippen molar-refractivity contribution in [1.29, 1.82) is 0 Å². The van der Waals surface area contributed by atoms with E-state index in [4.69, 9.17) is 4.74 Å². The second kappa shape index (κ2) is 8.68. The summed E-state index contributed by atoms with van der Waals surface area (Å²) in [7, 11) is 0.